The summed E-state index contributed by atoms with van der Waals surface area (Å²) < 4.78 is 0. The summed E-state index contributed by atoms with van der Waals surface area (Å²) in [6.07, 6.45) is 0. The number of hydrogen-bond donors (Lipinski definition) is 2. The number of hydrogen-bond acceptors (Lipinski definition) is 3. The Bertz CT molecular complexity index is 1050. The van der Waals surface area contributed by atoms with Crippen molar-refractivity contribution in [2.24, 2.45) is 0 Å². The lowest BCUT2D eigenvalue weighted by Crippen LogP contribution is -2.11. The highest BCUT2D eigenvalue weighted by Crippen LogP contribution is 2.25. The first-order chi connectivity index (χ1) is 11.2. The van der Waals surface area contributed by atoms with Crippen molar-refractivity contribution >= 4 is 33.6 Å². The third kappa shape index (κ3) is 2.55. The van der Waals surface area contributed by atoms with E-state index in [0.29, 0.717) is 9.79 Å². The van der Waals surface area contributed by atoms with Gasteiger partial charge >= 0.3 is 0 Å². The van der Waals surface area contributed by atoms with E-state index in [9.17, 15) is 9.59 Å². The number of rotatable bonds is 2. The summed E-state index contributed by atoms with van der Waals surface area (Å²) in [7, 11) is 0. The molecular formula is C18H12N2O2S. The highest BCUT2D eigenvalue weighted by Gasteiger charge is 2.09. The zero-order valence-electron chi connectivity index (χ0n) is 12.0. The van der Waals surface area contributed by atoms with Gasteiger partial charge in [0.05, 0.1) is 9.79 Å². The van der Waals surface area contributed by atoms with E-state index in [1.165, 1.54) is 11.8 Å². The second-order valence-corrected chi connectivity index (χ2v) is 6.29. The third-order valence-electron chi connectivity index (χ3n) is 3.66. The largest absolute Gasteiger partial charge is 0.321 e. The van der Waals surface area contributed by atoms with Gasteiger partial charge in [-0.05, 0) is 35.0 Å². The Balaban J connectivity index is 1.84. The van der Waals surface area contributed by atoms with Crippen molar-refractivity contribution < 1.29 is 0 Å². The molecule has 0 bridgehead atoms. The van der Waals surface area contributed by atoms with Gasteiger partial charge in [-0.25, -0.2) is 0 Å². The molecule has 0 atom stereocenters. The first-order valence-electron chi connectivity index (χ1n) is 7.13. The van der Waals surface area contributed by atoms with Crippen LogP contribution in [0, 0.1) is 0 Å². The molecule has 4 aromatic rings. The van der Waals surface area contributed by atoms with E-state index in [0.717, 1.165) is 21.8 Å². The van der Waals surface area contributed by atoms with E-state index in [-0.39, 0.29) is 11.1 Å². The van der Waals surface area contributed by atoms with E-state index in [1.54, 1.807) is 0 Å². The molecule has 0 saturated heterocycles. The van der Waals surface area contributed by atoms with Crippen LogP contribution < -0.4 is 11.1 Å². The average molecular weight is 320 g/mol. The van der Waals surface area contributed by atoms with Crippen LogP contribution in [0.4, 0.5) is 0 Å². The molecule has 0 saturated carbocycles. The fraction of sp³-hybridized carbons (Fsp3) is 0. The molecule has 0 aliphatic carbocycles. The lowest BCUT2D eigenvalue weighted by molar-refractivity contribution is 1.17. The van der Waals surface area contributed by atoms with Gasteiger partial charge in [0.1, 0.15) is 0 Å². The molecule has 2 aromatic heterocycles. The first-order valence-corrected chi connectivity index (χ1v) is 7.94. The summed E-state index contributed by atoms with van der Waals surface area (Å²) >= 11 is 1.18. The van der Waals surface area contributed by atoms with Crippen LogP contribution in [0.5, 0.6) is 0 Å². The van der Waals surface area contributed by atoms with Gasteiger partial charge in [0, 0.05) is 11.0 Å². The molecule has 0 aliphatic rings. The fourth-order valence-electron chi connectivity index (χ4n) is 2.52. The summed E-state index contributed by atoms with van der Waals surface area (Å²) in [4.78, 5) is 31.1. The Morgan fingerprint density at radius 2 is 1.09 bits per heavy atom. The molecule has 0 amide bonds. The van der Waals surface area contributed by atoms with Gasteiger partial charge in [-0.2, -0.15) is 0 Å². The Hall–Kier alpha value is -2.79. The Morgan fingerprint density at radius 3 is 1.57 bits per heavy atom. The number of aromatic amines is 2. The lowest BCUT2D eigenvalue weighted by atomic mass is 10.2. The zero-order valence-corrected chi connectivity index (χ0v) is 12.8. The van der Waals surface area contributed by atoms with Crippen LogP contribution in [0.1, 0.15) is 0 Å². The maximum Gasteiger partial charge on any atom is 0.262 e. The van der Waals surface area contributed by atoms with Crippen LogP contribution in [-0.4, -0.2) is 9.97 Å². The first kappa shape index (κ1) is 13.8. The number of pyridine rings is 2. The van der Waals surface area contributed by atoms with Crippen molar-refractivity contribution in [3.63, 3.8) is 0 Å². The van der Waals surface area contributed by atoms with E-state index in [4.69, 9.17) is 0 Å². The molecule has 4 rings (SSSR count). The average Bonchev–Trinajstić information content (AvgIpc) is 2.56. The third-order valence-corrected chi connectivity index (χ3v) is 4.70. The van der Waals surface area contributed by atoms with Crippen molar-refractivity contribution in [3.05, 3.63) is 81.4 Å². The normalized spacial score (nSPS) is 11.1. The lowest BCUT2D eigenvalue weighted by Gasteiger charge is -2.04. The Labute approximate surface area is 135 Å². The number of benzene rings is 2. The highest BCUT2D eigenvalue weighted by molar-refractivity contribution is 7.99. The summed E-state index contributed by atoms with van der Waals surface area (Å²) in [5.74, 6) is 0. The molecule has 2 heterocycles. The van der Waals surface area contributed by atoms with E-state index < -0.39 is 0 Å². The number of nitrogens with one attached hydrogen (secondary N) is 2. The monoisotopic (exact) mass is 320 g/mol. The predicted octanol–water partition coefficient (Wildman–Crippen LogP) is 3.52. The summed E-state index contributed by atoms with van der Waals surface area (Å²) in [5.41, 5.74) is 1.19. The summed E-state index contributed by atoms with van der Waals surface area (Å²) in [6, 6.07) is 18.8. The van der Waals surface area contributed by atoms with Gasteiger partial charge in [-0.1, -0.05) is 48.2 Å². The number of H-pyrrole nitrogens is 2. The smallest absolute Gasteiger partial charge is 0.262 e. The van der Waals surface area contributed by atoms with Gasteiger partial charge in [0.25, 0.3) is 11.1 Å². The standard InChI is InChI=1S/C18H12N2O2S/c21-17-15(9-11-5-1-3-7-13(11)19-17)23-16-10-12-6-2-4-8-14(12)20-18(16)22/h1-10H,(H,19,21)(H,20,22). The molecule has 0 fully saturated rings. The van der Waals surface area contributed by atoms with Gasteiger partial charge in [0.15, 0.2) is 0 Å². The minimum atomic E-state index is -0.193. The van der Waals surface area contributed by atoms with Crippen LogP contribution in [0.2, 0.25) is 0 Å². The van der Waals surface area contributed by atoms with E-state index >= 15 is 0 Å². The summed E-state index contributed by atoms with van der Waals surface area (Å²) in [6.45, 7) is 0. The Kier molecular flexibility index (Phi) is 3.28. The SMILES string of the molecule is O=c1[nH]c2ccccc2cc1Sc1cc2ccccc2[nH]c1=O. The molecule has 112 valence electrons. The van der Waals surface area contributed by atoms with Gasteiger partial charge in [-0.3, -0.25) is 9.59 Å². The van der Waals surface area contributed by atoms with E-state index in [1.807, 2.05) is 60.7 Å². The maximum atomic E-state index is 12.2. The van der Waals surface area contributed by atoms with Crippen molar-refractivity contribution in [2.75, 3.05) is 0 Å². The van der Waals surface area contributed by atoms with Crippen LogP contribution in [0.3, 0.4) is 0 Å². The topological polar surface area (TPSA) is 65.7 Å². The molecular weight excluding hydrogens is 308 g/mol. The van der Waals surface area contributed by atoms with Crippen molar-refractivity contribution in [2.45, 2.75) is 9.79 Å². The van der Waals surface area contributed by atoms with Crippen molar-refractivity contribution in [1.82, 2.24) is 9.97 Å². The van der Waals surface area contributed by atoms with Gasteiger partial charge in [0.2, 0.25) is 0 Å². The van der Waals surface area contributed by atoms with Crippen molar-refractivity contribution in [1.29, 1.82) is 0 Å². The van der Waals surface area contributed by atoms with Crippen LogP contribution >= 0.6 is 11.8 Å². The fourth-order valence-corrected chi connectivity index (χ4v) is 3.42. The molecule has 0 radical (unpaired) electrons. The van der Waals surface area contributed by atoms with Crippen LogP contribution in [0.25, 0.3) is 21.8 Å². The molecule has 0 aliphatic heterocycles. The molecule has 0 spiro atoms. The summed E-state index contributed by atoms with van der Waals surface area (Å²) in [5, 5.41) is 1.87. The maximum absolute atomic E-state index is 12.2. The number of fused-ring (bicyclic) bond motifs is 2. The van der Waals surface area contributed by atoms with Gasteiger partial charge < -0.3 is 9.97 Å². The number of aromatic nitrogens is 2. The molecule has 4 nitrogen and oxygen atoms in total. The van der Waals surface area contributed by atoms with Crippen LogP contribution in [-0.2, 0) is 0 Å². The minimum absolute atomic E-state index is 0.193. The molecule has 0 unspecified atom stereocenters. The molecule has 2 N–H and O–H groups in total. The highest BCUT2D eigenvalue weighted by atomic mass is 32.2. The number of para-hydroxylation sites is 2. The van der Waals surface area contributed by atoms with Crippen molar-refractivity contribution in [3.8, 4) is 0 Å². The minimum Gasteiger partial charge on any atom is -0.321 e. The van der Waals surface area contributed by atoms with E-state index in [2.05, 4.69) is 9.97 Å². The Morgan fingerprint density at radius 1 is 0.652 bits per heavy atom. The predicted molar refractivity (Wildman–Crippen MR) is 93.3 cm³/mol. The quantitative estimate of drug-likeness (QED) is 0.594. The van der Waals surface area contributed by atoms with Crippen LogP contribution in [0.15, 0.2) is 80.0 Å². The molecule has 2 aromatic carbocycles. The molecule has 5 heteroatoms. The molecule has 23 heavy (non-hydrogen) atoms. The second-order valence-electron chi connectivity index (χ2n) is 5.20. The van der Waals surface area contributed by atoms with Gasteiger partial charge in [-0.15, -0.1) is 0 Å². The second kappa shape index (κ2) is 5.44. The zero-order chi connectivity index (χ0) is 15.8.